The summed E-state index contributed by atoms with van der Waals surface area (Å²) < 4.78 is 0. The molecule has 0 heterocycles. The molecule has 2 amide bonds. The summed E-state index contributed by atoms with van der Waals surface area (Å²) in [5.41, 5.74) is 0.975. The Morgan fingerprint density at radius 2 is 1.76 bits per heavy atom. The number of aliphatic carboxylic acids is 1. The van der Waals surface area contributed by atoms with Gasteiger partial charge in [0.05, 0.1) is 0 Å². The summed E-state index contributed by atoms with van der Waals surface area (Å²) >= 11 is 5.81. The van der Waals surface area contributed by atoms with E-state index in [-0.39, 0.29) is 0 Å². The van der Waals surface area contributed by atoms with E-state index in [0.717, 1.165) is 0 Å². The number of carboxylic acids is 1. The van der Waals surface area contributed by atoms with Gasteiger partial charge in [0.2, 0.25) is 0 Å². The van der Waals surface area contributed by atoms with Gasteiger partial charge < -0.3 is 15.7 Å². The lowest BCUT2D eigenvalue weighted by atomic mass is 10.1. The highest BCUT2D eigenvalue weighted by Crippen LogP contribution is 2.16. The summed E-state index contributed by atoms with van der Waals surface area (Å²) in [6.45, 7) is 0. The van der Waals surface area contributed by atoms with Gasteiger partial charge in [0, 0.05) is 10.7 Å². The largest absolute Gasteiger partial charge is 0.479 e. The van der Waals surface area contributed by atoms with Crippen LogP contribution in [-0.4, -0.2) is 17.1 Å². The summed E-state index contributed by atoms with van der Waals surface area (Å²) in [6, 6.07) is 13.3. The van der Waals surface area contributed by atoms with E-state index in [1.165, 1.54) is 0 Å². The number of rotatable bonds is 4. The normalized spacial score (nSPS) is 11.5. The van der Waals surface area contributed by atoms with Gasteiger partial charge in [-0.05, 0) is 23.8 Å². The van der Waals surface area contributed by atoms with Gasteiger partial charge in [0.1, 0.15) is 0 Å². The van der Waals surface area contributed by atoms with Crippen molar-refractivity contribution in [2.45, 2.75) is 6.04 Å². The van der Waals surface area contributed by atoms with Crippen molar-refractivity contribution in [2.75, 3.05) is 5.32 Å². The molecule has 5 nitrogen and oxygen atoms in total. The number of hydrogen-bond donors (Lipinski definition) is 3. The Balaban J connectivity index is 2.07. The number of carboxylic acid groups (broad SMARTS) is 1. The van der Waals surface area contributed by atoms with E-state index in [9.17, 15) is 14.7 Å². The molecule has 0 aliphatic carbocycles. The Morgan fingerprint density at radius 1 is 1.05 bits per heavy atom. The lowest BCUT2D eigenvalue weighted by Gasteiger charge is -2.15. The van der Waals surface area contributed by atoms with Gasteiger partial charge in [-0.15, -0.1) is 0 Å². The lowest BCUT2D eigenvalue weighted by Crippen LogP contribution is -2.36. The molecule has 2 aromatic rings. The first-order valence-corrected chi connectivity index (χ1v) is 6.55. The third-order valence-corrected chi connectivity index (χ3v) is 2.97. The van der Waals surface area contributed by atoms with Crippen molar-refractivity contribution >= 4 is 29.3 Å². The number of amides is 2. The van der Waals surface area contributed by atoms with Crippen molar-refractivity contribution < 1.29 is 14.7 Å². The van der Waals surface area contributed by atoms with Gasteiger partial charge >= 0.3 is 12.0 Å². The number of benzene rings is 2. The second-order valence-electron chi connectivity index (χ2n) is 4.29. The number of carbonyl (C=O) groups is 2. The molecule has 0 bridgehead atoms. The first-order valence-electron chi connectivity index (χ1n) is 6.17. The standard InChI is InChI=1S/C15H13ClN2O3/c16-11-7-4-8-12(9-11)17-15(21)18-13(14(19)20)10-5-2-1-3-6-10/h1-9,13H,(H,19,20)(H2,17,18,21)/t13-/m0/s1. The molecule has 0 aliphatic heterocycles. The molecular formula is C15H13ClN2O3. The molecule has 0 unspecified atom stereocenters. The van der Waals surface area contributed by atoms with Crippen LogP contribution in [0.4, 0.5) is 10.5 Å². The van der Waals surface area contributed by atoms with Gasteiger partial charge in [0.15, 0.2) is 6.04 Å². The SMILES string of the molecule is O=C(Nc1cccc(Cl)c1)N[C@H](C(=O)O)c1ccccc1. The first kappa shape index (κ1) is 14.9. The molecule has 1 atom stereocenters. The minimum atomic E-state index is -1.14. The van der Waals surface area contributed by atoms with E-state index >= 15 is 0 Å². The van der Waals surface area contributed by atoms with Gasteiger partial charge in [-0.25, -0.2) is 9.59 Å². The number of halogens is 1. The maximum absolute atomic E-state index is 11.9. The van der Waals surface area contributed by atoms with E-state index in [2.05, 4.69) is 10.6 Å². The number of carbonyl (C=O) groups excluding carboxylic acids is 1. The van der Waals surface area contributed by atoms with Gasteiger partial charge in [-0.3, -0.25) is 0 Å². The van der Waals surface area contributed by atoms with Crippen LogP contribution in [0, 0.1) is 0 Å². The summed E-state index contributed by atoms with van der Waals surface area (Å²) in [7, 11) is 0. The summed E-state index contributed by atoms with van der Waals surface area (Å²) in [5.74, 6) is -1.14. The fourth-order valence-electron chi connectivity index (χ4n) is 1.80. The van der Waals surface area contributed by atoms with Crippen molar-refractivity contribution in [3.8, 4) is 0 Å². The Kier molecular flexibility index (Phi) is 4.79. The van der Waals surface area contributed by atoms with Crippen molar-refractivity contribution in [1.82, 2.24) is 5.32 Å². The van der Waals surface area contributed by atoms with Crippen LogP contribution in [-0.2, 0) is 4.79 Å². The molecule has 0 aliphatic rings. The summed E-state index contributed by atoms with van der Waals surface area (Å²) in [5, 5.41) is 14.6. The van der Waals surface area contributed by atoms with Crippen molar-refractivity contribution in [3.63, 3.8) is 0 Å². The zero-order chi connectivity index (χ0) is 15.2. The fraction of sp³-hybridized carbons (Fsp3) is 0.0667. The molecule has 0 aromatic heterocycles. The molecule has 0 spiro atoms. The molecule has 108 valence electrons. The van der Waals surface area contributed by atoms with Crippen molar-refractivity contribution in [3.05, 3.63) is 65.2 Å². The number of urea groups is 1. The first-order chi connectivity index (χ1) is 10.1. The van der Waals surface area contributed by atoms with Crippen LogP contribution in [0.5, 0.6) is 0 Å². The summed E-state index contributed by atoms with van der Waals surface area (Å²) in [4.78, 5) is 23.2. The molecule has 21 heavy (non-hydrogen) atoms. The van der Waals surface area contributed by atoms with Gasteiger partial charge in [0.25, 0.3) is 0 Å². The quantitative estimate of drug-likeness (QED) is 0.811. The van der Waals surface area contributed by atoms with Crippen molar-refractivity contribution in [2.24, 2.45) is 0 Å². The summed E-state index contributed by atoms with van der Waals surface area (Å²) in [6.07, 6.45) is 0. The van der Waals surface area contributed by atoms with Crippen LogP contribution >= 0.6 is 11.6 Å². The molecule has 0 saturated carbocycles. The zero-order valence-corrected chi connectivity index (χ0v) is 11.7. The third-order valence-electron chi connectivity index (χ3n) is 2.74. The highest BCUT2D eigenvalue weighted by molar-refractivity contribution is 6.30. The predicted molar refractivity (Wildman–Crippen MR) is 80.4 cm³/mol. The van der Waals surface area contributed by atoms with Crippen LogP contribution in [0.2, 0.25) is 5.02 Å². The van der Waals surface area contributed by atoms with Crippen LogP contribution < -0.4 is 10.6 Å². The highest BCUT2D eigenvalue weighted by Gasteiger charge is 2.21. The maximum Gasteiger partial charge on any atom is 0.330 e. The average molecular weight is 305 g/mol. The van der Waals surface area contributed by atoms with Crippen LogP contribution in [0.3, 0.4) is 0 Å². The molecule has 2 rings (SSSR count). The van der Waals surface area contributed by atoms with Crippen LogP contribution in [0.15, 0.2) is 54.6 Å². The van der Waals surface area contributed by atoms with E-state index in [0.29, 0.717) is 16.3 Å². The molecular weight excluding hydrogens is 292 g/mol. The minimum absolute atomic E-state index is 0.477. The second kappa shape index (κ2) is 6.76. The monoisotopic (exact) mass is 304 g/mol. The second-order valence-corrected chi connectivity index (χ2v) is 4.73. The maximum atomic E-state index is 11.9. The molecule has 0 radical (unpaired) electrons. The topological polar surface area (TPSA) is 78.4 Å². The zero-order valence-electron chi connectivity index (χ0n) is 10.9. The Labute approximate surface area is 126 Å². The van der Waals surface area contributed by atoms with E-state index in [1.54, 1.807) is 54.6 Å². The molecule has 2 aromatic carbocycles. The minimum Gasteiger partial charge on any atom is -0.479 e. The third kappa shape index (κ3) is 4.22. The van der Waals surface area contributed by atoms with Gasteiger partial charge in [-0.1, -0.05) is 48.0 Å². The van der Waals surface area contributed by atoms with E-state index < -0.39 is 18.0 Å². The van der Waals surface area contributed by atoms with Crippen LogP contribution in [0.25, 0.3) is 0 Å². The number of anilines is 1. The van der Waals surface area contributed by atoms with Crippen LogP contribution in [0.1, 0.15) is 11.6 Å². The highest BCUT2D eigenvalue weighted by atomic mass is 35.5. The molecule has 3 N–H and O–H groups in total. The molecule has 0 fully saturated rings. The Bertz CT molecular complexity index is 646. The average Bonchev–Trinajstić information content (AvgIpc) is 2.45. The molecule has 0 saturated heterocycles. The number of nitrogens with one attached hydrogen (secondary N) is 2. The van der Waals surface area contributed by atoms with E-state index in [1.807, 2.05) is 0 Å². The number of hydrogen-bond acceptors (Lipinski definition) is 2. The van der Waals surface area contributed by atoms with Crippen molar-refractivity contribution in [1.29, 1.82) is 0 Å². The predicted octanol–water partition coefficient (Wildman–Crippen LogP) is 3.29. The van der Waals surface area contributed by atoms with Gasteiger partial charge in [-0.2, -0.15) is 0 Å². The Hall–Kier alpha value is -2.53. The smallest absolute Gasteiger partial charge is 0.330 e. The Morgan fingerprint density at radius 3 is 2.38 bits per heavy atom. The fourth-order valence-corrected chi connectivity index (χ4v) is 1.99. The lowest BCUT2D eigenvalue weighted by molar-refractivity contribution is -0.139. The molecule has 6 heteroatoms. The van der Waals surface area contributed by atoms with E-state index in [4.69, 9.17) is 11.6 Å².